The maximum Gasteiger partial charge on any atom is 0.154 e. The molecule has 0 aliphatic heterocycles. The first-order valence-electron chi connectivity index (χ1n) is 3.57. The van der Waals surface area contributed by atoms with Crippen LogP contribution in [0.4, 0.5) is 0 Å². The summed E-state index contributed by atoms with van der Waals surface area (Å²) in [5, 5.41) is 1.93. The molecule has 0 fully saturated rings. The van der Waals surface area contributed by atoms with Crippen molar-refractivity contribution in [3.8, 4) is 0 Å². The first-order valence-corrected chi connectivity index (χ1v) is 4.45. The molecule has 1 rings (SSSR count). The number of hydrogen-bond acceptors (Lipinski definition) is 3. The average molecular weight is 169 g/mol. The number of carbonyl (C=O) groups excluding carboxylic acids is 1. The minimum Gasteiger partial charge on any atom is -0.317 e. The molecule has 1 atom stereocenters. The molecule has 0 aliphatic carbocycles. The summed E-state index contributed by atoms with van der Waals surface area (Å²) in [7, 11) is 0. The second-order valence-electron chi connectivity index (χ2n) is 2.31. The molecule has 0 amide bonds. The Kier molecular flexibility index (Phi) is 2.79. The quantitative estimate of drug-likeness (QED) is 0.748. The van der Waals surface area contributed by atoms with Gasteiger partial charge in [0, 0.05) is 11.3 Å². The van der Waals surface area contributed by atoms with Gasteiger partial charge in [0.15, 0.2) is 5.78 Å². The van der Waals surface area contributed by atoms with Crippen LogP contribution in [0.3, 0.4) is 0 Å². The lowest BCUT2D eigenvalue weighted by Gasteiger charge is -2.04. The van der Waals surface area contributed by atoms with E-state index in [1.807, 2.05) is 24.4 Å². The van der Waals surface area contributed by atoms with Crippen molar-refractivity contribution in [2.24, 2.45) is 5.73 Å². The van der Waals surface area contributed by atoms with Crippen molar-refractivity contribution in [1.29, 1.82) is 0 Å². The van der Waals surface area contributed by atoms with Crippen molar-refractivity contribution in [3.63, 3.8) is 0 Å². The van der Waals surface area contributed by atoms with Crippen molar-refractivity contribution in [3.05, 3.63) is 22.4 Å². The lowest BCUT2D eigenvalue weighted by atomic mass is 10.1. The zero-order chi connectivity index (χ0) is 8.27. The number of carbonyl (C=O) groups is 1. The lowest BCUT2D eigenvalue weighted by molar-refractivity contribution is -0.120. The van der Waals surface area contributed by atoms with Crippen molar-refractivity contribution in [2.45, 2.75) is 19.4 Å². The summed E-state index contributed by atoms with van der Waals surface area (Å²) in [6, 6.07) is 3.39. The zero-order valence-electron chi connectivity index (χ0n) is 6.41. The summed E-state index contributed by atoms with van der Waals surface area (Å²) in [5.74, 6) is 0.104. The molecule has 1 aromatic heterocycles. The van der Waals surface area contributed by atoms with Gasteiger partial charge in [-0.2, -0.15) is 0 Å². The van der Waals surface area contributed by atoms with Crippen LogP contribution in [0.15, 0.2) is 17.5 Å². The highest BCUT2D eigenvalue weighted by atomic mass is 32.1. The van der Waals surface area contributed by atoms with Gasteiger partial charge in [0.2, 0.25) is 0 Å². The number of hydrogen-bond donors (Lipinski definition) is 1. The highest BCUT2D eigenvalue weighted by Gasteiger charge is 2.13. The van der Waals surface area contributed by atoms with Crippen LogP contribution >= 0.6 is 11.3 Å². The third-order valence-electron chi connectivity index (χ3n) is 1.55. The molecule has 2 nitrogen and oxygen atoms in total. The van der Waals surface area contributed by atoms with E-state index in [2.05, 4.69) is 0 Å². The third-order valence-corrected chi connectivity index (χ3v) is 2.50. The van der Waals surface area contributed by atoms with Crippen LogP contribution in [0.5, 0.6) is 0 Å². The number of ketones is 1. The number of rotatable bonds is 3. The number of Topliss-reactive ketones (excluding diaryl/α,β-unsaturated/α-hetero) is 1. The van der Waals surface area contributed by atoms with Gasteiger partial charge in [0.1, 0.15) is 0 Å². The number of thiophene rings is 1. The van der Waals surface area contributed by atoms with E-state index in [4.69, 9.17) is 5.73 Å². The molecular weight excluding hydrogens is 158 g/mol. The molecule has 3 heteroatoms. The van der Waals surface area contributed by atoms with Gasteiger partial charge in [-0.25, -0.2) is 0 Å². The molecule has 0 aliphatic rings. The first-order chi connectivity index (χ1) is 5.25. The summed E-state index contributed by atoms with van der Waals surface area (Å²) in [5.41, 5.74) is 5.65. The van der Waals surface area contributed by atoms with Gasteiger partial charge in [-0.15, -0.1) is 11.3 Å². The van der Waals surface area contributed by atoms with E-state index < -0.39 is 6.04 Å². The van der Waals surface area contributed by atoms with Gasteiger partial charge in [0.25, 0.3) is 0 Å². The minimum atomic E-state index is -0.403. The first kappa shape index (κ1) is 8.43. The predicted octanol–water partition coefficient (Wildman–Crippen LogP) is 1.73. The molecule has 1 aromatic rings. The van der Waals surface area contributed by atoms with Crippen molar-refractivity contribution < 1.29 is 4.79 Å². The highest BCUT2D eigenvalue weighted by Crippen LogP contribution is 2.17. The molecule has 1 heterocycles. The molecule has 0 saturated heterocycles. The Morgan fingerprint density at radius 3 is 3.00 bits per heavy atom. The Labute approximate surface area is 70.0 Å². The van der Waals surface area contributed by atoms with Crippen LogP contribution in [0, 0.1) is 0 Å². The fraction of sp³-hybridized carbons (Fsp3) is 0.375. The monoisotopic (exact) mass is 169 g/mol. The van der Waals surface area contributed by atoms with Gasteiger partial charge in [0.05, 0.1) is 6.04 Å². The van der Waals surface area contributed by atoms with E-state index in [0.29, 0.717) is 6.42 Å². The second-order valence-corrected chi connectivity index (χ2v) is 3.29. The molecule has 0 saturated carbocycles. The summed E-state index contributed by atoms with van der Waals surface area (Å²) >= 11 is 1.53. The number of nitrogens with two attached hydrogens (primary N) is 1. The lowest BCUT2D eigenvalue weighted by Crippen LogP contribution is -2.19. The Bertz CT molecular complexity index is 230. The van der Waals surface area contributed by atoms with E-state index in [0.717, 1.165) is 4.88 Å². The van der Waals surface area contributed by atoms with Gasteiger partial charge >= 0.3 is 0 Å². The third kappa shape index (κ3) is 1.88. The van der Waals surface area contributed by atoms with Crippen LogP contribution < -0.4 is 5.73 Å². The predicted molar refractivity (Wildman–Crippen MR) is 46.5 cm³/mol. The van der Waals surface area contributed by atoms with Gasteiger partial charge in [-0.05, 0) is 11.4 Å². The molecule has 0 radical (unpaired) electrons. The Morgan fingerprint density at radius 2 is 2.55 bits per heavy atom. The van der Waals surface area contributed by atoms with E-state index >= 15 is 0 Å². The van der Waals surface area contributed by atoms with Crippen molar-refractivity contribution in [2.75, 3.05) is 0 Å². The van der Waals surface area contributed by atoms with Crippen LogP contribution in [-0.4, -0.2) is 5.78 Å². The van der Waals surface area contributed by atoms with Crippen LogP contribution in [-0.2, 0) is 4.79 Å². The molecule has 0 spiro atoms. The fourth-order valence-corrected chi connectivity index (χ4v) is 1.60. The highest BCUT2D eigenvalue weighted by molar-refractivity contribution is 7.10. The van der Waals surface area contributed by atoms with Gasteiger partial charge < -0.3 is 5.73 Å². The molecule has 2 N–H and O–H groups in total. The van der Waals surface area contributed by atoms with Crippen molar-refractivity contribution >= 4 is 17.1 Å². The summed E-state index contributed by atoms with van der Waals surface area (Å²) in [6.07, 6.45) is 0.513. The van der Waals surface area contributed by atoms with Crippen molar-refractivity contribution in [1.82, 2.24) is 0 Å². The maximum atomic E-state index is 11.1. The molecule has 1 unspecified atom stereocenters. The summed E-state index contributed by atoms with van der Waals surface area (Å²) < 4.78 is 0. The standard InChI is InChI=1S/C8H11NOS/c1-2-6(10)8(9)7-4-3-5-11-7/h3-5,8H,2,9H2,1H3. The van der Waals surface area contributed by atoms with Crippen LogP contribution in [0.2, 0.25) is 0 Å². The molecular formula is C8H11NOS. The van der Waals surface area contributed by atoms with E-state index in [1.165, 1.54) is 11.3 Å². The average Bonchev–Trinajstić information content (AvgIpc) is 2.53. The topological polar surface area (TPSA) is 43.1 Å². The van der Waals surface area contributed by atoms with E-state index in [-0.39, 0.29) is 5.78 Å². The second kappa shape index (κ2) is 3.64. The van der Waals surface area contributed by atoms with E-state index in [9.17, 15) is 4.79 Å². The Balaban J connectivity index is 2.70. The van der Waals surface area contributed by atoms with Gasteiger partial charge in [-0.3, -0.25) is 4.79 Å². The van der Waals surface area contributed by atoms with Gasteiger partial charge in [-0.1, -0.05) is 13.0 Å². The summed E-state index contributed by atoms with van der Waals surface area (Å²) in [6.45, 7) is 1.83. The maximum absolute atomic E-state index is 11.1. The molecule has 0 aromatic carbocycles. The Morgan fingerprint density at radius 1 is 1.82 bits per heavy atom. The largest absolute Gasteiger partial charge is 0.317 e. The molecule has 0 bridgehead atoms. The normalized spacial score (nSPS) is 12.9. The smallest absolute Gasteiger partial charge is 0.154 e. The molecule has 60 valence electrons. The fourth-order valence-electron chi connectivity index (χ4n) is 0.847. The Hall–Kier alpha value is -0.670. The van der Waals surface area contributed by atoms with E-state index in [1.54, 1.807) is 0 Å². The molecule has 11 heavy (non-hydrogen) atoms. The minimum absolute atomic E-state index is 0.104. The SMILES string of the molecule is CCC(=O)C(N)c1cccs1. The van der Waals surface area contributed by atoms with Crippen LogP contribution in [0.25, 0.3) is 0 Å². The zero-order valence-corrected chi connectivity index (χ0v) is 7.23. The van der Waals surface area contributed by atoms with Crippen LogP contribution in [0.1, 0.15) is 24.3 Å². The summed E-state index contributed by atoms with van der Waals surface area (Å²) in [4.78, 5) is 12.0.